The van der Waals surface area contributed by atoms with E-state index in [1.165, 1.54) is 5.56 Å². The maximum atomic E-state index is 5.85. The molecule has 0 amide bonds. The van der Waals surface area contributed by atoms with Crippen molar-refractivity contribution in [2.45, 2.75) is 52.1 Å². The van der Waals surface area contributed by atoms with Gasteiger partial charge < -0.3 is 20.4 Å². The lowest BCUT2D eigenvalue weighted by Crippen LogP contribution is -2.35. The highest BCUT2D eigenvalue weighted by molar-refractivity contribution is 5.94. The van der Waals surface area contributed by atoms with Crippen LogP contribution in [-0.4, -0.2) is 37.6 Å². The van der Waals surface area contributed by atoms with E-state index < -0.39 is 0 Å². The molecular weight excluding hydrogens is 534 g/mol. The van der Waals surface area contributed by atoms with Gasteiger partial charge in [0.15, 0.2) is 5.82 Å². The molecule has 43 heavy (non-hydrogen) atoms. The Bertz CT molecular complexity index is 1950. The molecule has 216 valence electrons. The molecule has 0 unspecified atom stereocenters. The largest absolute Gasteiger partial charge is 0.378 e. The van der Waals surface area contributed by atoms with Crippen LogP contribution >= 0.6 is 0 Å². The standard InChI is InChI=1S/C35H35N7O/c1-21-15-26(11-13-36-21)39-25-6-9-30-33(18-25)42-34(41-30)31-10-7-27(20-37-31)40-32-16-22(2)38-29-8-5-24(17-28(29)32)35(4)12-14-43-23(3)19-35/h5-11,13,15-18,20,23H,12,14,19H2,1-4H3,(H,36,39)(H,38,40)(H,41,42)/t23-,35+/m1/s1. The zero-order chi connectivity index (χ0) is 29.6. The van der Waals surface area contributed by atoms with Gasteiger partial charge in [0, 0.05) is 46.6 Å². The topological polar surface area (TPSA) is 101 Å². The average Bonchev–Trinajstić information content (AvgIpc) is 3.41. The summed E-state index contributed by atoms with van der Waals surface area (Å²) in [6, 6.07) is 22.9. The molecule has 1 fully saturated rings. The molecule has 3 N–H and O–H groups in total. The van der Waals surface area contributed by atoms with Crippen molar-refractivity contribution in [1.29, 1.82) is 0 Å². The molecule has 1 saturated heterocycles. The van der Waals surface area contributed by atoms with Gasteiger partial charge in [-0.3, -0.25) is 15.0 Å². The number of pyridine rings is 3. The van der Waals surface area contributed by atoms with Crippen molar-refractivity contribution in [3.63, 3.8) is 0 Å². The van der Waals surface area contributed by atoms with Crippen molar-refractivity contribution in [2.24, 2.45) is 0 Å². The maximum Gasteiger partial charge on any atom is 0.157 e. The number of aromatic nitrogens is 5. The van der Waals surface area contributed by atoms with Crippen molar-refractivity contribution < 1.29 is 4.74 Å². The molecule has 0 saturated carbocycles. The van der Waals surface area contributed by atoms with E-state index in [0.29, 0.717) is 0 Å². The molecule has 0 bridgehead atoms. The molecule has 2 aromatic carbocycles. The molecule has 8 nitrogen and oxygen atoms in total. The van der Waals surface area contributed by atoms with Gasteiger partial charge in [-0.15, -0.1) is 0 Å². The monoisotopic (exact) mass is 569 g/mol. The Morgan fingerprint density at radius 3 is 2.49 bits per heavy atom. The number of H-pyrrole nitrogens is 1. The average molecular weight is 570 g/mol. The maximum absolute atomic E-state index is 5.85. The SMILES string of the molecule is Cc1cc(Nc2ccc3nc(-c4ccc(Nc5cc(C)nc6ccc([C@@]7(C)CCO[C@H](C)C7)cc56)cn4)[nH]c3c2)ccn1. The first-order chi connectivity index (χ1) is 20.8. The Kier molecular flexibility index (Phi) is 6.78. The second kappa shape index (κ2) is 10.8. The predicted octanol–water partition coefficient (Wildman–Crippen LogP) is 8.13. The van der Waals surface area contributed by atoms with E-state index in [9.17, 15) is 0 Å². The molecule has 8 heteroatoms. The van der Waals surface area contributed by atoms with Gasteiger partial charge in [0.2, 0.25) is 0 Å². The number of hydrogen-bond acceptors (Lipinski definition) is 7. The van der Waals surface area contributed by atoms with Crippen molar-refractivity contribution in [3.8, 4) is 11.5 Å². The van der Waals surface area contributed by atoms with E-state index in [0.717, 1.165) is 87.0 Å². The van der Waals surface area contributed by atoms with Crippen LogP contribution in [0.2, 0.25) is 0 Å². The van der Waals surface area contributed by atoms with E-state index in [1.54, 1.807) is 6.20 Å². The van der Waals surface area contributed by atoms with Crippen LogP contribution in [0.15, 0.2) is 79.1 Å². The second-order valence-electron chi connectivity index (χ2n) is 11.9. The van der Waals surface area contributed by atoms with Crippen molar-refractivity contribution in [1.82, 2.24) is 24.9 Å². The number of anilines is 4. The summed E-state index contributed by atoms with van der Waals surface area (Å²) in [5, 5.41) is 8.15. The highest BCUT2D eigenvalue weighted by atomic mass is 16.5. The minimum absolute atomic E-state index is 0.0820. The van der Waals surface area contributed by atoms with Crippen LogP contribution in [0.1, 0.15) is 43.6 Å². The number of aryl methyl sites for hydroxylation is 2. The van der Waals surface area contributed by atoms with Gasteiger partial charge in [0.1, 0.15) is 5.69 Å². The summed E-state index contributed by atoms with van der Waals surface area (Å²) in [7, 11) is 0. The summed E-state index contributed by atoms with van der Waals surface area (Å²) in [5.41, 5.74) is 10.8. The lowest BCUT2D eigenvalue weighted by molar-refractivity contribution is -0.00550. The Morgan fingerprint density at radius 1 is 0.837 bits per heavy atom. The summed E-state index contributed by atoms with van der Waals surface area (Å²) in [6.45, 7) is 9.31. The van der Waals surface area contributed by atoms with Gasteiger partial charge in [-0.1, -0.05) is 13.0 Å². The first-order valence-corrected chi connectivity index (χ1v) is 14.8. The normalized spacial score (nSPS) is 18.7. The van der Waals surface area contributed by atoms with Crippen LogP contribution in [0.4, 0.5) is 22.7 Å². The molecule has 7 rings (SSSR count). The van der Waals surface area contributed by atoms with Crippen LogP contribution in [0.25, 0.3) is 33.5 Å². The van der Waals surface area contributed by atoms with Gasteiger partial charge in [-0.05, 0) is 105 Å². The van der Waals surface area contributed by atoms with Gasteiger partial charge >= 0.3 is 0 Å². The molecule has 1 aliphatic heterocycles. The van der Waals surface area contributed by atoms with Crippen LogP contribution in [-0.2, 0) is 10.2 Å². The minimum Gasteiger partial charge on any atom is -0.378 e. The van der Waals surface area contributed by atoms with Crippen molar-refractivity contribution >= 4 is 44.7 Å². The lowest BCUT2D eigenvalue weighted by Gasteiger charge is -2.37. The molecule has 0 radical (unpaired) electrons. The molecule has 0 spiro atoms. The number of ether oxygens (including phenoxy) is 1. The van der Waals surface area contributed by atoms with Crippen LogP contribution in [0.3, 0.4) is 0 Å². The molecule has 0 aliphatic carbocycles. The summed E-state index contributed by atoms with van der Waals surface area (Å²) in [4.78, 5) is 22.0. The third-order valence-electron chi connectivity index (χ3n) is 8.38. The minimum atomic E-state index is 0.0820. The summed E-state index contributed by atoms with van der Waals surface area (Å²) < 4.78 is 5.85. The summed E-state index contributed by atoms with van der Waals surface area (Å²) in [5.74, 6) is 0.729. The van der Waals surface area contributed by atoms with E-state index in [-0.39, 0.29) is 11.5 Å². The third kappa shape index (κ3) is 5.53. The summed E-state index contributed by atoms with van der Waals surface area (Å²) in [6.07, 6.45) is 5.94. The fourth-order valence-electron chi connectivity index (χ4n) is 6.14. The summed E-state index contributed by atoms with van der Waals surface area (Å²) >= 11 is 0. The second-order valence-corrected chi connectivity index (χ2v) is 11.9. The molecule has 4 aromatic heterocycles. The third-order valence-corrected chi connectivity index (χ3v) is 8.38. The van der Waals surface area contributed by atoms with Crippen LogP contribution in [0, 0.1) is 13.8 Å². The smallest absolute Gasteiger partial charge is 0.157 e. The molecule has 6 aromatic rings. The first-order valence-electron chi connectivity index (χ1n) is 14.8. The van der Waals surface area contributed by atoms with E-state index in [4.69, 9.17) is 19.7 Å². The van der Waals surface area contributed by atoms with Gasteiger partial charge in [0.05, 0.1) is 34.5 Å². The predicted molar refractivity (Wildman–Crippen MR) is 173 cm³/mol. The fraction of sp³-hybridized carbons (Fsp3) is 0.257. The number of nitrogens with one attached hydrogen (secondary N) is 3. The van der Waals surface area contributed by atoms with Crippen LogP contribution < -0.4 is 10.6 Å². The number of benzene rings is 2. The number of hydrogen-bond donors (Lipinski definition) is 3. The number of fused-ring (bicyclic) bond motifs is 2. The number of aromatic amines is 1. The quantitative estimate of drug-likeness (QED) is 0.186. The van der Waals surface area contributed by atoms with E-state index >= 15 is 0 Å². The Balaban J connectivity index is 1.14. The number of nitrogens with zero attached hydrogens (tertiary/aromatic N) is 4. The fourth-order valence-corrected chi connectivity index (χ4v) is 6.14. The van der Waals surface area contributed by atoms with Gasteiger partial charge in [0.25, 0.3) is 0 Å². The van der Waals surface area contributed by atoms with Crippen molar-refractivity contribution in [2.75, 3.05) is 17.2 Å². The Hall–Kier alpha value is -4.82. The molecule has 5 heterocycles. The van der Waals surface area contributed by atoms with Gasteiger partial charge in [-0.25, -0.2) is 4.98 Å². The highest BCUT2D eigenvalue weighted by Crippen LogP contribution is 2.39. The zero-order valence-corrected chi connectivity index (χ0v) is 24.9. The van der Waals surface area contributed by atoms with Crippen molar-refractivity contribution in [3.05, 3.63) is 96.1 Å². The first kappa shape index (κ1) is 27.0. The molecular formula is C35H35N7O. The Morgan fingerprint density at radius 2 is 1.67 bits per heavy atom. The Labute approximate surface area is 251 Å². The molecule has 1 aliphatic rings. The van der Waals surface area contributed by atoms with E-state index in [1.807, 2.05) is 56.4 Å². The highest BCUT2D eigenvalue weighted by Gasteiger charge is 2.33. The molecule has 2 atom stereocenters. The van der Waals surface area contributed by atoms with Gasteiger partial charge in [-0.2, -0.15) is 0 Å². The zero-order valence-electron chi connectivity index (χ0n) is 24.9. The lowest BCUT2D eigenvalue weighted by atomic mass is 9.74. The number of rotatable bonds is 6. The number of imidazole rings is 1. The van der Waals surface area contributed by atoms with E-state index in [2.05, 4.69) is 64.8 Å². The van der Waals surface area contributed by atoms with Crippen LogP contribution in [0.5, 0.6) is 0 Å².